The highest BCUT2D eigenvalue weighted by Gasteiger charge is 2.14. The maximum atomic E-state index is 11.9. The fourth-order valence-electron chi connectivity index (χ4n) is 4.19. The molecule has 33 heavy (non-hydrogen) atoms. The number of pyridine rings is 1. The Balaban J connectivity index is 1.31. The largest absolute Gasteiger partial charge is 0.372 e. The van der Waals surface area contributed by atoms with E-state index in [2.05, 4.69) is 76.0 Å². The molecular weight excluding hydrogens is 410 g/mol. The van der Waals surface area contributed by atoms with Crippen LogP contribution in [0, 0.1) is 0 Å². The van der Waals surface area contributed by atoms with Crippen LogP contribution in [0.4, 0.5) is 5.69 Å². The molecule has 1 atom stereocenters. The zero-order chi connectivity index (χ0) is 23.0. The maximum Gasteiger partial charge on any atom is 0.250 e. The first-order chi connectivity index (χ1) is 16.1. The number of nitrogens with one attached hydrogen (secondary N) is 2. The highest BCUT2D eigenvalue weighted by molar-refractivity contribution is 5.80. The smallest absolute Gasteiger partial charge is 0.250 e. The maximum absolute atomic E-state index is 11.9. The predicted octanol–water partition coefficient (Wildman–Crippen LogP) is 3.92. The number of aromatic nitrogens is 1. The zero-order valence-electron chi connectivity index (χ0n) is 19.5. The van der Waals surface area contributed by atoms with Gasteiger partial charge in [-0.3, -0.25) is 9.79 Å². The van der Waals surface area contributed by atoms with Crippen LogP contribution < -0.4 is 21.1 Å². The molecular formula is C27H33N5O. The van der Waals surface area contributed by atoms with Gasteiger partial charge in [0.1, 0.15) is 0 Å². The number of rotatable bonds is 7. The van der Waals surface area contributed by atoms with Crippen molar-refractivity contribution in [2.75, 3.05) is 25.0 Å². The van der Waals surface area contributed by atoms with Crippen LogP contribution in [0.5, 0.6) is 0 Å². The Hall–Kier alpha value is -3.54. The Bertz CT molecular complexity index is 1130. The van der Waals surface area contributed by atoms with Gasteiger partial charge in [-0.05, 0) is 54.7 Å². The summed E-state index contributed by atoms with van der Waals surface area (Å²) in [6.45, 7) is 5.71. The molecule has 1 aliphatic rings. The molecule has 0 spiro atoms. The summed E-state index contributed by atoms with van der Waals surface area (Å²) in [6.07, 6.45) is 4.37. The molecule has 1 aromatic heterocycles. The van der Waals surface area contributed by atoms with Gasteiger partial charge < -0.3 is 20.1 Å². The topological polar surface area (TPSA) is 61.7 Å². The summed E-state index contributed by atoms with van der Waals surface area (Å²) in [7, 11) is 1.80. The van der Waals surface area contributed by atoms with Gasteiger partial charge in [0.2, 0.25) is 0 Å². The van der Waals surface area contributed by atoms with Gasteiger partial charge in [0, 0.05) is 44.6 Å². The summed E-state index contributed by atoms with van der Waals surface area (Å²) in [6, 6.07) is 22.5. The van der Waals surface area contributed by atoms with Gasteiger partial charge in [0.05, 0.1) is 12.6 Å². The first-order valence-corrected chi connectivity index (χ1v) is 11.7. The van der Waals surface area contributed by atoms with Gasteiger partial charge in [-0.25, -0.2) is 0 Å². The van der Waals surface area contributed by atoms with Crippen LogP contribution in [0.1, 0.15) is 42.5 Å². The normalized spacial score (nSPS) is 14.8. The fourth-order valence-corrected chi connectivity index (χ4v) is 4.19. The number of nitrogens with zero attached hydrogens (tertiary/aromatic N) is 3. The first-order valence-electron chi connectivity index (χ1n) is 11.7. The van der Waals surface area contributed by atoms with E-state index in [9.17, 15) is 4.79 Å². The Morgan fingerprint density at radius 1 is 1.00 bits per heavy atom. The molecule has 4 rings (SSSR count). The molecule has 6 heteroatoms. The Morgan fingerprint density at radius 3 is 2.48 bits per heavy atom. The van der Waals surface area contributed by atoms with Crippen molar-refractivity contribution >= 4 is 11.6 Å². The Morgan fingerprint density at radius 2 is 1.76 bits per heavy atom. The zero-order valence-corrected chi connectivity index (χ0v) is 19.5. The molecule has 1 unspecified atom stereocenters. The van der Waals surface area contributed by atoms with Gasteiger partial charge in [0.15, 0.2) is 5.96 Å². The number of hydrogen-bond donors (Lipinski definition) is 2. The summed E-state index contributed by atoms with van der Waals surface area (Å²) in [5.74, 6) is 0.772. The van der Waals surface area contributed by atoms with E-state index in [1.54, 1.807) is 23.7 Å². The third kappa shape index (κ3) is 6.04. The molecule has 172 valence electrons. The van der Waals surface area contributed by atoms with Gasteiger partial charge >= 0.3 is 0 Å². The lowest BCUT2D eigenvalue weighted by Gasteiger charge is -2.22. The molecule has 2 aromatic carbocycles. The van der Waals surface area contributed by atoms with Gasteiger partial charge in [-0.2, -0.15) is 0 Å². The van der Waals surface area contributed by atoms with E-state index in [4.69, 9.17) is 0 Å². The van der Waals surface area contributed by atoms with Crippen LogP contribution in [-0.4, -0.2) is 30.7 Å². The van der Waals surface area contributed by atoms with E-state index >= 15 is 0 Å². The fraction of sp³-hybridized carbons (Fsp3) is 0.333. The summed E-state index contributed by atoms with van der Waals surface area (Å²) >= 11 is 0. The van der Waals surface area contributed by atoms with E-state index in [1.807, 2.05) is 12.3 Å². The van der Waals surface area contributed by atoms with Crippen molar-refractivity contribution < 1.29 is 0 Å². The minimum absolute atomic E-state index is 0.0122. The predicted molar refractivity (Wildman–Crippen MR) is 136 cm³/mol. The van der Waals surface area contributed by atoms with Crippen molar-refractivity contribution in [2.24, 2.45) is 4.99 Å². The lowest BCUT2D eigenvalue weighted by molar-refractivity contribution is 0.685. The number of hydrogen-bond acceptors (Lipinski definition) is 3. The summed E-state index contributed by atoms with van der Waals surface area (Å²) < 4.78 is 1.71. The van der Waals surface area contributed by atoms with Crippen LogP contribution in [0.2, 0.25) is 0 Å². The van der Waals surface area contributed by atoms with Crippen LogP contribution in [0.15, 0.2) is 82.7 Å². The van der Waals surface area contributed by atoms with Crippen molar-refractivity contribution in [1.29, 1.82) is 0 Å². The number of guanidine groups is 1. The number of aliphatic imine (C=N–C) groups is 1. The van der Waals surface area contributed by atoms with Crippen molar-refractivity contribution in [1.82, 2.24) is 15.2 Å². The monoisotopic (exact) mass is 443 g/mol. The van der Waals surface area contributed by atoms with Crippen molar-refractivity contribution in [3.8, 4) is 0 Å². The third-order valence-electron chi connectivity index (χ3n) is 6.15. The van der Waals surface area contributed by atoms with E-state index < -0.39 is 0 Å². The van der Waals surface area contributed by atoms with Gasteiger partial charge in [-0.15, -0.1) is 0 Å². The summed E-state index contributed by atoms with van der Waals surface area (Å²) in [5.41, 5.74) is 4.83. The molecule has 0 amide bonds. The summed E-state index contributed by atoms with van der Waals surface area (Å²) in [4.78, 5) is 18.8. The van der Waals surface area contributed by atoms with Crippen LogP contribution in [0.3, 0.4) is 0 Å². The second kappa shape index (κ2) is 10.9. The molecule has 1 saturated heterocycles. The molecule has 0 radical (unpaired) electrons. The van der Waals surface area contributed by atoms with Crippen molar-refractivity contribution in [3.05, 3.63) is 100.0 Å². The lowest BCUT2D eigenvalue weighted by atomic mass is 10.1. The number of anilines is 1. The molecule has 3 aromatic rings. The van der Waals surface area contributed by atoms with Crippen LogP contribution in [0.25, 0.3) is 0 Å². The molecule has 1 fully saturated rings. The highest BCUT2D eigenvalue weighted by atomic mass is 16.1. The second-order valence-electron chi connectivity index (χ2n) is 8.56. The van der Waals surface area contributed by atoms with Gasteiger partial charge in [0.25, 0.3) is 5.56 Å². The SMILES string of the molecule is CN=C(NCc1ccc(Cn2ccccc2=O)cc1)NC(C)c1cccc(N2CCCC2)c1. The standard InChI is InChI=1S/C27H33N5O/c1-21(24-8-7-9-25(18-24)31-15-5-6-16-31)30-27(28-2)29-19-22-11-13-23(14-12-22)20-32-17-4-3-10-26(32)33/h3-4,7-14,17-18,21H,5-6,15-16,19-20H2,1-2H3,(H2,28,29,30). The molecule has 0 bridgehead atoms. The molecule has 1 aliphatic heterocycles. The highest BCUT2D eigenvalue weighted by Crippen LogP contribution is 2.24. The van der Waals surface area contributed by atoms with Gasteiger partial charge in [-0.1, -0.05) is 42.5 Å². The van der Waals surface area contributed by atoms with Crippen LogP contribution in [-0.2, 0) is 13.1 Å². The minimum atomic E-state index is 0.0122. The van der Waals surface area contributed by atoms with E-state index in [-0.39, 0.29) is 11.6 Å². The second-order valence-corrected chi connectivity index (χ2v) is 8.56. The summed E-state index contributed by atoms with van der Waals surface area (Å²) in [5, 5.41) is 6.91. The molecule has 0 aliphatic carbocycles. The Labute approximate surface area is 196 Å². The van der Waals surface area contributed by atoms with E-state index in [0.29, 0.717) is 13.1 Å². The van der Waals surface area contributed by atoms with E-state index in [1.165, 1.54) is 24.1 Å². The molecule has 0 saturated carbocycles. The first kappa shape index (κ1) is 22.6. The molecule has 6 nitrogen and oxygen atoms in total. The third-order valence-corrected chi connectivity index (χ3v) is 6.15. The van der Waals surface area contributed by atoms with Crippen molar-refractivity contribution in [2.45, 2.75) is 38.9 Å². The van der Waals surface area contributed by atoms with E-state index in [0.717, 1.165) is 30.2 Å². The average Bonchev–Trinajstić information content (AvgIpc) is 3.39. The van der Waals surface area contributed by atoms with Crippen LogP contribution >= 0.6 is 0 Å². The molecule has 2 heterocycles. The average molecular weight is 444 g/mol. The minimum Gasteiger partial charge on any atom is -0.372 e. The Kier molecular flexibility index (Phi) is 7.45. The van der Waals surface area contributed by atoms with Crippen molar-refractivity contribution in [3.63, 3.8) is 0 Å². The molecule has 2 N–H and O–H groups in total. The lowest BCUT2D eigenvalue weighted by Crippen LogP contribution is -2.38. The quantitative estimate of drug-likeness (QED) is 0.429. The number of benzene rings is 2.